The highest BCUT2D eigenvalue weighted by Gasteiger charge is 2.37. The molecule has 19 heavy (non-hydrogen) atoms. The average molecular weight is 261 g/mol. The van der Waals surface area contributed by atoms with Crippen LogP contribution in [0.1, 0.15) is 37.4 Å². The molecule has 1 heterocycles. The van der Waals surface area contributed by atoms with Gasteiger partial charge >= 0.3 is 5.97 Å². The molecule has 1 aliphatic rings. The molecule has 104 valence electrons. The van der Waals surface area contributed by atoms with Crippen LogP contribution in [-0.4, -0.2) is 29.1 Å². The number of carboxylic acids is 1. The van der Waals surface area contributed by atoms with E-state index < -0.39 is 5.97 Å². The lowest BCUT2D eigenvalue weighted by Crippen LogP contribution is -2.27. The molecule has 1 unspecified atom stereocenters. The van der Waals surface area contributed by atoms with Gasteiger partial charge in [-0.1, -0.05) is 43.7 Å². The van der Waals surface area contributed by atoms with Crippen LogP contribution in [0.5, 0.6) is 0 Å². The number of aryl methyl sites for hydroxylation is 1. The third kappa shape index (κ3) is 2.98. The van der Waals surface area contributed by atoms with Crippen molar-refractivity contribution in [3.8, 4) is 0 Å². The highest BCUT2D eigenvalue weighted by atomic mass is 16.4. The number of hydrogen-bond donors (Lipinski definition) is 1. The highest BCUT2D eigenvalue weighted by molar-refractivity contribution is 5.71. The van der Waals surface area contributed by atoms with Crippen LogP contribution in [0.15, 0.2) is 24.3 Å². The van der Waals surface area contributed by atoms with Gasteiger partial charge in [0.15, 0.2) is 0 Å². The van der Waals surface area contributed by atoms with Gasteiger partial charge in [0.1, 0.15) is 0 Å². The molecule has 1 N–H and O–H groups in total. The number of aliphatic carboxylic acids is 1. The first kappa shape index (κ1) is 14.1. The van der Waals surface area contributed by atoms with Gasteiger partial charge in [0.25, 0.3) is 0 Å². The standard InChI is InChI=1S/C16H23NO2/c1-4-15(13-7-5-11(2)6-8-13)17-9-12(3)14(10-17)16(18)19/h5-8,12,14-15H,4,9-10H2,1-3H3,(H,18,19)/t12-,14-,15?/m1/s1. The Labute approximate surface area is 115 Å². The SMILES string of the molecule is CCC(c1ccc(C)cc1)N1C[C@@H](C)[C@H](C(=O)O)C1. The highest BCUT2D eigenvalue weighted by Crippen LogP contribution is 2.33. The Hall–Kier alpha value is -1.35. The van der Waals surface area contributed by atoms with Gasteiger partial charge in [0, 0.05) is 19.1 Å². The summed E-state index contributed by atoms with van der Waals surface area (Å²) >= 11 is 0. The minimum Gasteiger partial charge on any atom is -0.481 e. The first-order valence-electron chi connectivity index (χ1n) is 7.06. The number of carbonyl (C=O) groups is 1. The van der Waals surface area contributed by atoms with Crippen LogP contribution in [0, 0.1) is 18.8 Å². The van der Waals surface area contributed by atoms with E-state index >= 15 is 0 Å². The van der Waals surface area contributed by atoms with Crippen LogP contribution in [0.25, 0.3) is 0 Å². The van der Waals surface area contributed by atoms with E-state index in [2.05, 4.69) is 43.0 Å². The second-order valence-corrected chi connectivity index (χ2v) is 5.71. The zero-order valence-electron chi connectivity index (χ0n) is 12.0. The Bertz CT molecular complexity index is 441. The van der Waals surface area contributed by atoms with Gasteiger partial charge in [-0.25, -0.2) is 0 Å². The fourth-order valence-electron chi connectivity index (χ4n) is 3.07. The number of benzene rings is 1. The van der Waals surface area contributed by atoms with Crippen LogP contribution in [0.3, 0.4) is 0 Å². The third-order valence-corrected chi connectivity index (χ3v) is 4.25. The maximum Gasteiger partial charge on any atom is 0.308 e. The summed E-state index contributed by atoms with van der Waals surface area (Å²) in [5, 5.41) is 9.24. The quantitative estimate of drug-likeness (QED) is 0.905. The molecular formula is C16H23NO2. The van der Waals surface area contributed by atoms with Crippen LogP contribution >= 0.6 is 0 Å². The van der Waals surface area contributed by atoms with Crippen LogP contribution in [0.4, 0.5) is 0 Å². The molecule has 0 saturated carbocycles. The minimum atomic E-state index is -0.659. The monoisotopic (exact) mass is 261 g/mol. The zero-order valence-corrected chi connectivity index (χ0v) is 12.0. The van der Waals surface area contributed by atoms with E-state index in [4.69, 9.17) is 0 Å². The fraction of sp³-hybridized carbons (Fsp3) is 0.562. The molecule has 1 fully saturated rings. The molecule has 1 aromatic carbocycles. The van der Waals surface area contributed by atoms with E-state index in [9.17, 15) is 9.90 Å². The van der Waals surface area contributed by atoms with E-state index in [0.29, 0.717) is 12.6 Å². The maximum atomic E-state index is 11.2. The maximum absolute atomic E-state index is 11.2. The van der Waals surface area contributed by atoms with Crippen molar-refractivity contribution in [3.05, 3.63) is 35.4 Å². The van der Waals surface area contributed by atoms with Crippen molar-refractivity contribution in [2.45, 2.75) is 33.2 Å². The van der Waals surface area contributed by atoms with Crippen LogP contribution in [-0.2, 0) is 4.79 Å². The molecule has 0 aliphatic carbocycles. The lowest BCUT2D eigenvalue weighted by molar-refractivity contribution is -0.142. The van der Waals surface area contributed by atoms with Gasteiger partial charge in [0.2, 0.25) is 0 Å². The van der Waals surface area contributed by atoms with Gasteiger partial charge in [-0.2, -0.15) is 0 Å². The van der Waals surface area contributed by atoms with E-state index in [-0.39, 0.29) is 11.8 Å². The second-order valence-electron chi connectivity index (χ2n) is 5.71. The number of likely N-dealkylation sites (tertiary alicyclic amines) is 1. The van der Waals surface area contributed by atoms with Crippen molar-refractivity contribution < 1.29 is 9.90 Å². The molecule has 3 atom stereocenters. The van der Waals surface area contributed by atoms with E-state index in [0.717, 1.165) is 13.0 Å². The molecule has 0 bridgehead atoms. The molecule has 0 spiro atoms. The summed E-state index contributed by atoms with van der Waals surface area (Å²) in [5.41, 5.74) is 2.56. The summed E-state index contributed by atoms with van der Waals surface area (Å²) in [6.07, 6.45) is 1.02. The molecule has 3 nitrogen and oxygen atoms in total. The van der Waals surface area contributed by atoms with Gasteiger partial charge < -0.3 is 5.11 Å². The van der Waals surface area contributed by atoms with Crippen molar-refractivity contribution >= 4 is 5.97 Å². The van der Waals surface area contributed by atoms with Crippen molar-refractivity contribution in [2.24, 2.45) is 11.8 Å². The minimum absolute atomic E-state index is 0.223. The molecular weight excluding hydrogens is 238 g/mol. The van der Waals surface area contributed by atoms with E-state index in [1.165, 1.54) is 11.1 Å². The third-order valence-electron chi connectivity index (χ3n) is 4.25. The first-order chi connectivity index (χ1) is 9.02. The molecule has 2 rings (SSSR count). The Kier molecular flexibility index (Phi) is 4.25. The normalized spacial score (nSPS) is 25.4. The number of carboxylic acid groups (broad SMARTS) is 1. The van der Waals surface area contributed by atoms with Crippen molar-refractivity contribution in [1.82, 2.24) is 4.90 Å². The fourth-order valence-corrected chi connectivity index (χ4v) is 3.07. The number of nitrogens with zero attached hydrogens (tertiary/aromatic N) is 1. The van der Waals surface area contributed by atoms with Gasteiger partial charge in [0.05, 0.1) is 5.92 Å². The van der Waals surface area contributed by atoms with E-state index in [1.807, 2.05) is 6.92 Å². The second kappa shape index (κ2) is 5.74. The Balaban J connectivity index is 2.15. The predicted octanol–water partition coefficient (Wildman–Crippen LogP) is 3.10. The lowest BCUT2D eigenvalue weighted by atomic mass is 9.99. The zero-order chi connectivity index (χ0) is 14.0. The summed E-state index contributed by atoms with van der Waals surface area (Å²) in [7, 11) is 0. The Morgan fingerprint density at radius 1 is 1.37 bits per heavy atom. The van der Waals surface area contributed by atoms with Gasteiger partial charge in [-0.05, 0) is 24.8 Å². The smallest absolute Gasteiger partial charge is 0.308 e. The van der Waals surface area contributed by atoms with Crippen LogP contribution in [0.2, 0.25) is 0 Å². The molecule has 1 aliphatic heterocycles. The average Bonchev–Trinajstić information content (AvgIpc) is 2.75. The largest absolute Gasteiger partial charge is 0.481 e. The molecule has 3 heteroatoms. The topological polar surface area (TPSA) is 40.5 Å². The summed E-state index contributed by atoms with van der Waals surface area (Å²) < 4.78 is 0. The first-order valence-corrected chi connectivity index (χ1v) is 7.06. The molecule has 0 aromatic heterocycles. The summed E-state index contributed by atoms with van der Waals surface area (Å²) in [5.74, 6) is -0.648. The van der Waals surface area contributed by atoms with Gasteiger partial charge in [-0.15, -0.1) is 0 Å². The molecule has 1 saturated heterocycles. The Morgan fingerprint density at radius 3 is 2.47 bits per heavy atom. The Morgan fingerprint density at radius 2 is 2.00 bits per heavy atom. The molecule has 1 aromatic rings. The lowest BCUT2D eigenvalue weighted by Gasteiger charge is -2.27. The summed E-state index contributed by atoms with van der Waals surface area (Å²) in [6, 6.07) is 8.94. The van der Waals surface area contributed by atoms with E-state index in [1.54, 1.807) is 0 Å². The van der Waals surface area contributed by atoms with Crippen LogP contribution < -0.4 is 0 Å². The van der Waals surface area contributed by atoms with Crippen molar-refractivity contribution in [1.29, 1.82) is 0 Å². The van der Waals surface area contributed by atoms with Crippen molar-refractivity contribution in [3.63, 3.8) is 0 Å². The van der Waals surface area contributed by atoms with Crippen molar-refractivity contribution in [2.75, 3.05) is 13.1 Å². The number of hydrogen-bond acceptors (Lipinski definition) is 2. The predicted molar refractivity (Wildman–Crippen MR) is 76.1 cm³/mol. The summed E-state index contributed by atoms with van der Waals surface area (Å²) in [6.45, 7) is 7.85. The molecule has 0 amide bonds. The molecule has 0 radical (unpaired) electrons. The number of rotatable bonds is 4. The van der Waals surface area contributed by atoms with Gasteiger partial charge in [-0.3, -0.25) is 9.69 Å². The summed E-state index contributed by atoms with van der Waals surface area (Å²) in [4.78, 5) is 13.6.